The Bertz CT molecular complexity index is 568. The highest BCUT2D eigenvalue weighted by molar-refractivity contribution is 5.97. The highest BCUT2D eigenvalue weighted by atomic mass is 16.5. The highest BCUT2D eigenvalue weighted by Gasteiger charge is 2.23. The summed E-state index contributed by atoms with van der Waals surface area (Å²) < 4.78 is 5.32. The molecule has 1 saturated heterocycles. The van der Waals surface area contributed by atoms with E-state index in [0.717, 1.165) is 24.1 Å². The summed E-state index contributed by atoms with van der Waals surface area (Å²) in [6.07, 6.45) is 1.18. The lowest BCUT2D eigenvalue weighted by atomic mass is 9.94. The number of amides is 1. The van der Waals surface area contributed by atoms with Gasteiger partial charge in [0.1, 0.15) is 0 Å². The van der Waals surface area contributed by atoms with Crippen molar-refractivity contribution in [1.82, 2.24) is 5.32 Å². The lowest BCUT2D eigenvalue weighted by molar-refractivity contribution is 0.00873. The molecule has 3 N–H and O–H groups in total. The number of carbonyl (C=O) groups is 1. The number of hydrogen-bond donors (Lipinski definition) is 3. The van der Waals surface area contributed by atoms with E-state index in [-0.39, 0.29) is 18.4 Å². The topological polar surface area (TPSA) is 70.6 Å². The van der Waals surface area contributed by atoms with Gasteiger partial charge < -0.3 is 20.5 Å². The van der Waals surface area contributed by atoms with Crippen LogP contribution in [0, 0.1) is 18.8 Å². The van der Waals surface area contributed by atoms with E-state index in [1.807, 2.05) is 25.1 Å². The van der Waals surface area contributed by atoms with Gasteiger partial charge in [0.2, 0.25) is 0 Å². The van der Waals surface area contributed by atoms with Crippen LogP contribution in [0.5, 0.6) is 0 Å². The molecule has 140 valence electrons. The summed E-state index contributed by atoms with van der Waals surface area (Å²) >= 11 is 0. The maximum atomic E-state index is 12.5. The van der Waals surface area contributed by atoms with Crippen LogP contribution in [-0.4, -0.2) is 42.9 Å². The van der Waals surface area contributed by atoms with E-state index in [1.54, 1.807) is 0 Å². The average Bonchev–Trinajstić information content (AvgIpc) is 2.61. The largest absolute Gasteiger partial charge is 0.391 e. The van der Waals surface area contributed by atoms with Gasteiger partial charge in [-0.15, -0.1) is 0 Å². The normalized spacial score (nSPS) is 18.0. The minimum atomic E-state index is -0.518. The van der Waals surface area contributed by atoms with Crippen LogP contribution >= 0.6 is 0 Å². The van der Waals surface area contributed by atoms with E-state index < -0.39 is 6.10 Å². The molecule has 1 heterocycles. The van der Waals surface area contributed by atoms with Crippen molar-refractivity contribution in [3.63, 3.8) is 0 Å². The van der Waals surface area contributed by atoms with Crippen molar-refractivity contribution in [2.24, 2.45) is 11.8 Å². The van der Waals surface area contributed by atoms with Crippen LogP contribution in [0.2, 0.25) is 0 Å². The van der Waals surface area contributed by atoms with Crippen LogP contribution in [0.1, 0.15) is 49.5 Å². The van der Waals surface area contributed by atoms with Gasteiger partial charge in [0, 0.05) is 37.1 Å². The first-order valence-corrected chi connectivity index (χ1v) is 9.30. The summed E-state index contributed by atoms with van der Waals surface area (Å²) in [5.74, 6) is 0.575. The van der Waals surface area contributed by atoms with Crippen molar-refractivity contribution in [1.29, 1.82) is 0 Å². The quantitative estimate of drug-likeness (QED) is 0.708. The molecule has 2 rings (SSSR count). The Balaban J connectivity index is 1.96. The Morgan fingerprint density at radius 3 is 2.60 bits per heavy atom. The Morgan fingerprint density at radius 1 is 1.28 bits per heavy atom. The van der Waals surface area contributed by atoms with Crippen LogP contribution in [0.25, 0.3) is 0 Å². The molecule has 1 fully saturated rings. The van der Waals surface area contributed by atoms with Crippen LogP contribution in [0.15, 0.2) is 18.2 Å². The Morgan fingerprint density at radius 2 is 1.96 bits per heavy atom. The Hall–Kier alpha value is -1.59. The fourth-order valence-corrected chi connectivity index (χ4v) is 3.01. The first-order valence-electron chi connectivity index (χ1n) is 9.30. The van der Waals surface area contributed by atoms with E-state index in [1.165, 1.54) is 0 Å². The van der Waals surface area contributed by atoms with Crippen molar-refractivity contribution in [2.45, 2.75) is 52.7 Å². The van der Waals surface area contributed by atoms with Gasteiger partial charge in [-0.05, 0) is 56.2 Å². The zero-order valence-corrected chi connectivity index (χ0v) is 15.8. The fourth-order valence-electron chi connectivity index (χ4n) is 3.01. The van der Waals surface area contributed by atoms with Gasteiger partial charge in [-0.25, -0.2) is 0 Å². The Labute approximate surface area is 151 Å². The molecule has 1 aromatic carbocycles. The minimum Gasteiger partial charge on any atom is -0.391 e. The van der Waals surface area contributed by atoms with Crippen LogP contribution in [0.3, 0.4) is 0 Å². The second-order valence-corrected chi connectivity index (χ2v) is 7.38. The van der Waals surface area contributed by atoms with Crippen molar-refractivity contribution in [3.05, 3.63) is 29.3 Å². The standard InChI is InChI=1S/C20H32N2O3/c1-13(2)15(4)22-18-7-5-6-17(14(18)3)20(24)21-12-19(23)16-8-10-25-11-9-16/h5-7,13,15-16,19,22-23H,8-12H2,1-4H3,(H,21,24). The van der Waals surface area contributed by atoms with Crippen LogP contribution < -0.4 is 10.6 Å². The van der Waals surface area contributed by atoms with E-state index in [2.05, 4.69) is 31.4 Å². The second-order valence-electron chi connectivity index (χ2n) is 7.38. The number of ether oxygens (including phenoxy) is 1. The third-order valence-corrected chi connectivity index (χ3v) is 5.24. The first kappa shape index (κ1) is 19.7. The molecule has 2 atom stereocenters. The predicted molar refractivity (Wildman–Crippen MR) is 101 cm³/mol. The molecule has 1 aliphatic heterocycles. The van der Waals surface area contributed by atoms with Gasteiger partial charge >= 0.3 is 0 Å². The number of carbonyl (C=O) groups excluding carboxylic acids is 1. The molecule has 0 aromatic heterocycles. The van der Waals surface area contributed by atoms with Gasteiger partial charge in [-0.2, -0.15) is 0 Å². The molecule has 5 heteroatoms. The number of anilines is 1. The fraction of sp³-hybridized carbons (Fsp3) is 0.650. The minimum absolute atomic E-state index is 0.135. The number of hydrogen-bond acceptors (Lipinski definition) is 4. The number of rotatable bonds is 7. The molecule has 0 aliphatic carbocycles. The summed E-state index contributed by atoms with van der Waals surface area (Å²) in [7, 11) is 0. The molecular weight excluding hydrogens is 316 g/mol. The van der Waals surface area contributed by atoms with Crippen LogP contribution in [-0.2, 0) is 4.74 Å². The first-order chi connectivity index (χ1) is 11.9. The third-order valence-electron chi connectivity index (χ3n) is 5.24. The maximum Gasteiger partial charge on any atom is 0.251 e. The summed E-state index contributed by atoms with van der Waals surface area (Å²) in [6, 6.07) is 6.05. The number of benzene rings is 1. The van der Waals surface area contributed by atoms with E-state index in [0.29, 0.717) is 30.7 Å². The second kappa shape index (κ2) is 9.20. The average molecular weight is 348 g/mol. The lowest BCUT2D eigenvalue weighted by Gasteiger charge is -2.27. The zero-order chi connectivity index (χ0) is 18.4. The molecule has 1 amide bonds. The van der Waals surface area contributed by atoms with Crippen molar-refractivity contribution < 1.29 is 14.6 Å². The molecule has 0 saturated carbocycles. The van der Waals surface area contributed by atoms with E-state index in [9.17, 15) is 9.90 Å². The summed E-state index contributed by atoms with van der Waals surface area (Å²) in [5.41, 5.74) is 2.58. The molecular formula is C20H32N2O3. The highest BCUT2D eigenvalue weighted by Crippen LogP contribution is 2.22. The molecule has 1 aromatic rings. The van der Waals surface area contributed by atoms with Gasteiger partial charge in [0.05, 0.1) is 6.10 Å². The molecule has 25 heavy (non-hydrogen) atoms. The van der Waals surface area contributed by atoms with Crippen LogP contribution in [0.4, 0.5) is 5.69 Å². The molecule has 1 aliphatic rings. The summed E-state index contributed by atoms with van der Waals surface area (Å²) in [5, 5.41) is 16.7. The summed E-state index contributed by atoms with van der Waals surface area (Å²) in [6.45, 7) is 10.1. The molecule has 0 spiro atoms. The summed E-state index contributed by atoms with van der Waals surface area (Å²) in [4.78, 5) is 12.5. The van der Waals surface area contributed by atoms with Crippen molar-refractivity contribution >= 4 is 11.6 Å². The zero-order valence-electron chi connectivity index (χ0n) is 15.8. The van der Waals surface area contributed by atoms with Gasteiger partial charge in [-0.3, -0.25) is 4.79 Å². The van der Waals surface area contributed by atoms with Gasteiger partial charge in [-0.1, -0.05) is 19.9 Å². The van der Waals surface area contributed by atoms with E-state index >= 15 is 0 Å². The molecule has 0 radical (unpaired) electrons. The predicted octanol–water partition coefficient (Wildman–Crippen LogP) is 2.97. The van der Waals surface area contributed by atoms with Gasteiger partial charge in [0.25, 0.3) is 5.91 Å². The van der Waals surface area contributed by atoms with E-state index in [4.69, 9.17) is 4.74 Å². The van der Waals surface area contributed by atoms with Crippen molar-refractivity contribution in [2.75, 3.05) is 25.1 Å². The molecule has 0 bridgehead atoms. The molecule has 2 unspecified atom stereocenters. The smallest absolute Gasteiger partial charge is 0.251 e. The number of nitrogens with one attached hydrogen (secondary N) is 2. The maximum absolute atomic E-state index is 12.5. The molecule has 5 nitrogen and oxygen atoms in total. The monoisotopic (exact) mass is 348 g/mol. The van der Waals surface area contributed by atoms with Crippen molar-refractivity contribution in [3.8, 4) is 0 Å². The van der Waals surface area contributed by atoms with Gasteiger partial charge in [0.15, 0.2) is 0 Å². The Kier molecular flexibility index (Phi) is 7.26. The number of aliphatic hydroxyl groups excluding tert-OH is 1. The third kappa shape index (κ3) is 5.44. The number of aliphatic hydroxyl groups is 1. The SMILES string of the molecule is Cc1c(NC(C)C(C)C)cccc1C(=O)NCC(O)C1CCOCC1. The lowest BCUT2D eigenvalue weighted by Crippen LogP contribution is -2.38.